The van der Waals surface area contributed by atoms with Crippen molar-refractivity contribution >= 4 is 9.92 Å². The molecule has 0 amide bonds. The third-order valence-electron chi connectivity index (χ3n) is 3.66. The van der Waals surface area contributed by atoms with Gasteiger partial charge in [-0.1, -0.05) is 13.0 Å². The third-order valence-corrected chi connectivity index (χ3v) is 5.65. The topological polar surface area (TPSA) is 80.8 Å². The number of rotatable bonds is 5. The van der Waals surface area contributed by atoms with E-state index in [9.17, 15) is 26.2 Å². The van der Waals surface area contributed by atoms with Crippen LogP contribution in [0.4, 0.5) is 22.0 Å². The summed E-state index contributed by atoms with van der Waals surface area (Å²) in [5, 5.41) is 8.88. The highest BCUT2D eigenvalue weighted by Gasteiger charge is 2.48. The molecule has 2 atom stereocenters. The Bertz CT molecular complexity index is 985. The van der Waals surface area contributed by atoms with Crippen LogP contribution in [0.25, 0.3) is 0 Å². The second-order valence-corrected chi connectivity index (χ2v) is 7.39. The number of aromatic nitrogens is 1. The van der Waals surface area contributed by atoms with E-state index in [4.69, 9.17) is 10.0 Å². The molecule has 1 aromatic heterocycles. The molecule has 27 heavy (non-hydrogen) atoms. The third kappa shape index (κ3) is 4.23. The quantitative estimate of drug-likeness (QED) is 0.760. The monoisotopic (exact) mass is 404 g/mol. The van der Waals surface area contributed by atoms with E-state index in [-0.39, 0.29) is 5.56 Å². The molecule has 0 aliphatic heterocycles. The van der Waals surface area contributed by atoms with Crippen LogP contribution < -0.4 is 0 Å². The molecule has 5 nitrogen and oxygen atoms in total. The van der Waals surface area contributed by atoms with Crippen LogP contribution in [0.2, 0.25) is 0 Å². The van der Waals surface area contributed by atoms with Gasteiger partial charge in [-0.05, 0) is 23.8 Å². The van der Waals surface area contributed by atoms with E-state index in [1.807, 2.05) is 0 Å². The van der Waals surface area contributed by atoms with Gasteiger partial charge in [0.05, 0.1) is 10.5 Å². The highest BCUT2D eigenvalue weighted by atomic mass is 32.2. The molecule has 0 aliphatic rings. The van der Waals surface area contributed by atoms with Crippen LogP contribution in [0, 0.1) is 27.7 Å². The number of benzene rings is 1. The zero-order valence-corrected chi connectivity index (χ0v) is 14.6. The van der Waals surface area contributed by atoms with E-state index >= 15 is 0 Å². The van der Waals surface area contributed by atoms with Gasteiger partial charge in [-0.15, -0.1) is 0 Å². The van der Waals surface area contributed by atoms with Gasteiger partial charge in [0.25, 0.3) is 0 Å². The lowest BCUT2D eigenvalue weighted by molar-refractivity contribution is -0.173. The molecule has 2 aromatic rings. The Morgan fingerprint density at radius 3 is 2.44 bits per heavy atom. The van der Waals surface area contributed by atoms with Crippen molar-refractivity contribution in [3.63, 3.8) is 0 Å². The van der Waals surface area contributed by atoms with Gasteiger partial charge in [0.15, 0.2) is 11.6 Å². The highest BCUT2D eigenvalue weighted by molar-refractivity contribution is 7.90. The van der Waals surface area contributed by atoms with Crippen LogP contribution in [-0.4, -0.2) is 26.2 Å². The molecule has 0 radical (unpaired) electrons. The zero-order valence-electron chi connectivity index (χ0n) is 13.8. The van der Waals surface area contributed by atoms with Gasteiger partial charge >= 0.3 is 6.18 Å². The molecule has 1 unspecified atom stereocenters. The number of halogens is 5. The molecule has 144 valence electrons. The second kappa shape index (κ2) is 7.58. The molecule has 1 N–H and O–H groups in total. The maximum Gasteiger partial charge on any atom is 0.409 e. The van der Waals surface area contributed by atoms with Crippen LogP contribution in [0.1, 0.15) is 24.1 Å². The SMILES string of the molecule is CCN([C@H](c1ccc(F)c(F)c1)C(F)(F)F)S(=N)(=O)c1cncc(C#N)c1. The summed E-state index contributed by atoms with van der Waals surface area (Å²) in [6.45, 7) is 0.747. The Morgan fingerprint density at radius 1 is 1.26 bits per heavy atom. The summed E-state index contributed by atoms with van der Waals surface area (Å²) in [4.78, 5) is 3.22. The highest BCUT2D eigenvalue weighted by Crippen LogP contribution is 2.41. The van der Waals surface area contributed by atoms with Crippen molar-refractivity contribution in [2.75, 3.05) is 6.54 Å². The van der Waals surface area contributed by atoms with Crippen molar-refractivity contribution in [3.8, 4) is 6.07 Å². The van der Waals surface area contributed by atoms with Crippen molar-refractivity contribution in [2.45, 2.75) is 24.0 Å². The standard InChI is InChI=1S/C16H13F5N4OS/c1-2-25(27(23,26)12-5-10(7-22)8-24-9-12)15(16(19,20)21)11-3-4-13(17)14(18)6-11/h3-6,8-9,15,23H,2H2,1H3/t15-,27?/m1/s1. The Hall–Kier alpha value is -2.58. The van der Waals surface area contributed by atoms with Gasteiger partial charge in [0.2, 0.25) is 0 Å². The summed E-state index contributed by atoms with van der Waals surface area (Å²) < 4.78 is 89.2. The number of hydrogen-bond donors (Lipinski definition) is 1. The first-order chi connectivity index (χ1) is 12.5. The lowest BCUT2D eigenvalue weighted by Crippen LogP contribution is -2.41. The average molecular weight is 404 g/mol. The molecular weight excluding hydrogens is 391 g/mol. The van der Waals surface area contributed by atoms with Gasteiger partial charge < -0.3 is 0 Å². The molecule has 0 fully saturated rings. The van der Waals surface area contributed by atoms with E-state index in [1.54, 1.807) is 6.07 Å². The molecule has 2 rings (SSSR count). The summed E-state index contributed by atoms with van der Waals surface area (Å²) in [7, 11) is -4.25. The molecule has 11 heteroatoms. The minimum absolute atomic E-state index is 0.0834. The van der Waals surface area contributed by atoms with Crippen LogP contribution in [0.3, 0.4) is 0 Å². The summed E-state index contributed by atoms with van der Waals surface area (Å²) in [6.07, 6.45) is -3.01. The van der Waals surface area contributed by atoms with Crippen LogP contribution in [0.5, 0.6) is 0 Å². The van der Waals surface area contributed by atoms with Crippen molar-refractivity contribution in [1.82, 2.24) is 9.29 Å². The second-order valence-electron chi connectivity index (χ2n) is 5.40. The normalized spacial score (nSPS) is 15.2. The molecule has 0 spiro atoms. The van der Waals surface area contributed by atoms with Gasteiger partial charge in [-0.3, -0.25) is 4.98 Å². The molecule has 0 saturated heterocycles. The zero-order chi connectivity index (χ0) is 20.4. The summed E-state index contributed by atoms with van der Waals surface area (Å²) in [5.74, 6) is -2.83. The molecule has 1 aromatic carbocycles. The van der Waals surface area contributed by atoms with Crippen molar-refractivity contribution in [3.05, 3.63) is 59.4 Å². The molecule has 0 bridgehead atoms. The fraction of sp³-hybridized carbons (Fsp3) is 0.250. The Balaban J connectivity index is 2.64. The Morgan fingerprint density at radius 2 is 1.93 bits per heavy atom. The summed E-state index contributed by atoms with van der Waals surface area (Å²) in [6, 6.07) is 1.68. The fourth-order valence-electron chi connectivity index (χ4n) is 2.48. The summed E-state index contributed by atoms with van der Waals surface area (Å²) in [5.41, 5.74) is -0.785. The lowest BCUT2D eigenvalue weighted by atomic mass is 10.1. The number of nitrogens with zero attached hydrogens (tertiary/aromatic N) is 3. The van der Waals surface area contributed by atoms with Crippen LogP contribution in [0.15, 0.2) is 41.6 Å². The maximum atomic E-state index is 13.7. The van der Waals surface area contributed by atoms with E-state index < -0.39 is 50.8 Å². The van der Waals surface area contributed by atoms with E-state index in [2.05, 4.69) is 4.98 Å². The van der Waals surface area contributed by atoms with E-state index in [1.165, 1.54) is 6.92 Å². The van der Waals surface area contributed by atoms with Crippen molar-refractivity contribution < 1.29 is 26.2 Å². The van der Waals surface area contributed by atoms with Crippen molar-refractivity contribution in [2.24, 2.45) is 0 Å². The van der Waals surface area contributed by atoms with Crippen LogP contribution >= 0.6 is 0 Å². The van der Waals surface area contributed by atoms with E-state index in [0.717, 1.165) is 24.5 Å². The maximum absolute atomic E-state index is 13.7. The average Bonchev–Trinajstić information content (AvgIpc) is 2.61. The van der Waals surface area contributed by atoms with Crippen LogP contribution in [-0.2, 0) is 9.92 Å². The predicted octanol–water partition coefficient (Wildman–Crippen LogP) is 4.18. The molecular formula is C16H13F5N4OS. The largest absolute Gasteiger partial charge is 0.409 e. The Labute approximate surface area is 152 Å². The molecule has 0 aliphatic carbocycles. The first kappa shape index (κ1) is 20.7. The van der Waals surface area contributed by atoms with Gasteiger partial charge in [-0.2, -0.15) is 22.7 Å². The lowest BCUT2D eigenvalue weighted by Gasteiger charge is -2.33. The smallest absolute Gasteiger partial charge is 0.262 e. The fourth-order valence-corrected chi connectivity index (χ4v) is 4.14. The number of nitriles is 1. The van der Waals surface area contributed by atoms with Gasteiger partial charge in [0.1, 0.15) is 22.0 Å². The first-order valence-corrected chi connectivity index (χ1v) is 8.96. The number of nitrogens with one attached hydrogen (secondary N) is 1. The molecule has 1 heterocycles. The van der Waals surface area contributed by atoms with Gasteiger partial charge in [-0.25, -0.2) is 17.8 Å². The first-order valence-electron chi connectivity index (χ1n) is 7.44. The minimum atomic E-state index is -5.04. The summed E-state index contributed by atoms with van der Waals surface area (Å²) >= 11 is 0. The minimum Gasteiger partial charge on any atom is -0.262 e. The Kier molecular flexibility index (Phi) is 5.82. The predicted molar refractivity (Wildman–Crippen MR) is 85.6 cm³/mol. The molecule has 0 saturated carbocycles. The number of pyridine rings is 1. The van der Waals surface area contributed by atoms with E-state index in [0.29, 0.717) is 16.4 Å². The number of alkyl halides is 3. The van der Waals surface area contributed by atoms with Crippen molar-refractivity contribution in [1.29, 1.82) is 10.0 Å². The van der Waals surface area contributed by atoms with Gasteiger partial charge in [0, 0.05) is 18.9 Å². The number of hydrogen-bond acceptors (Lipinski definition) is 4.